The molecule has 9 rings (SSSR count). The van der Waals surface area contributed by atoms with Gasteiger partial charge in [-0.15, -0.1) is 0 Å². The standard InChI is InChI=1S/C57H68N8O15/c1-67-14-17-71-20-23-74-27-31-78-39-5-9-43-47(35-39)56-61-51(43)59-54-46-34-38(77-30-26-70-13-12-66)4-8-42(46)50(58-54)60-55-48-36-40(79-32-28-75-24-21-72-18-15-68-2)6-10-44(48)52(62-55)64-57-49-37-41(7-11-45(49)53(63-56)65-57)80-33-29-76-25-22-73-19-16-69-3/h4-11,34-37,66H,12-33H2,1-3H3,(H2,58,59,60,61,62,63,64,65). The van der Waals surface area contributed by atoms with Crippen molar-refractivity contribution in [2.45, 2.75) is 0 Å². The van der Waals surface area contributed by atoms with Crippen LogP contribution >= 0.6 is 0 Å². The minimum Gasteiger partial charge on any atom is -0.491 e. The number of nitrogens with zero attached hydrogens (tertiary/aromatic N) is 6. The number of methoxy groups -OCH3 is 3. The summed E-state index contributed by atoms with van der Waals surface area (Å²) in [7, 11) is 4.91. The summed E-state index contributed by atoms with van der Waals surface area (Å²) in [4.78, 5) is 38.1. The van der Waals surface area contributed by atoms with Crippen molar-refractivity contribution in [2.75, 3.05) is 167 Å². The van der Waals surface area contributed by atoms with Gasteiger partial charge in [0.2, 0.25) is 0 Å². The largest absolute Gasteiger partial charge is 0.491 e. The molecule has 3 N–H and O–H groups in total. The number of hydrogen-bond acceptors (Lipinski definition) is 21. The summed E-state index contributed by atoms with van der Waals surface area (Å²) in [6, 6.07) is 22.8. The Hall–Kier alpha value is -7.00. The van der Waals surface area contributed by atoms with E-state index in [9.17, 15) is 5.11 Å². The summed E-state index contributed by atoms with van der Waals surface area (Å²) in [6.45, 7) is 8.35. The number of aromatic amines is 2. The molecule has 4 aromatic carbocycles. The van der Waals surface area contributed by atoms with Gasteiger partial charge in [-0.2, -0.15) is 0 Å². The number of aliphatic hydroxyl groups is 1. The summed E-state index contributed by atoms with van der Waals surface area (Å²) in [5.41, 5.74) is 4.76. The van der Waals surface area contributed by atoms with Gasteiger partial charge in [-0.3, -0.25) is 0 Å². The monoisotopic (exact) mass is 1100 g/mol. The number of ether oxygens (including phenoxy) is 14. The lowest BCUT2D eigenvalue weighted by Gasteiger charge is -2.09. The molecule has 0 unspecified atom stereocenters. The summed E-state index contributed by atoms with van der Waals surface area (Å²) >= 11 is 0. The van der Waals surface area contributed by atoms with Gasteiger partial charge in [-0.05, 0) is 72.8 Å². The second-order valence-electron chi connectivity index (χ2n) is 17.8. The first-order valence-electron chi connectivity index (χ1n) is 26.6. The van der Waals surface area contributed by atoms with Crippen molar-refractivity contribution in [1.29, 1.82) is 0 Å². The highest BCUT2D eigenvalue weighted by molar-refractivity contribution is 6.07. The number of hydrogen-bond donors (Lipinski definition) is 3. The van der Waals surface area contributed by atoms with Gasteiger partial charge >= 0.3 is 0 Å². The van der Waals surface area contributed by atoms with Gasteiger partial charge < -0.3 is 81.4 Å². The molecule has 2 aliphatic heterocycles. The lowest BCUT2D eigenvalue weighted by atomic mass is 10.1. The number of nitrogens with one attached hydrogen (secondary N) is 2. The Labute approximate surface area is 462 Å². The highest BCUT2D eigenvalue weighted by Crippen LogP contribution is 2.40. The van der Waals surface area contributed by atoms with Gasteiger partial charge in [0.25, 0.3) is 0 Å². The molecule has 7 aromatic rings. The Bertz CT molecular complexity index is 3240. The number of H-pyrrole nitrogens is 2. The zero-order chi connectivity index (χ0) is 55.1. The molecule has 0 amide bonds. The molecule has 0 aliphatic carbocycles. The van der Waals surface area contributed by atoms with Crippen LogP contribution in [0.25, 0.3) is 89.7 Å². The maximum atomic E-state index is 9.21. The average Bonchev–Trinajstić information content (AvgIpc) is 4.30. The van der Waals surface area contributed by atoms with Crippen molar-refractivity contribution in [3.63, 3.8) is 0 Å². The molecule has 0 atom stereocenters. The van der Waals surface area contributed by atoms with Gasteiger partial charge in [0, 0.05) is 65.1 Å². The van der Waals surface area contributed by atoms with Crippen LogP contribution < -0.4 is 18.9 Å². The van der Waals surface area contributed by atoms with Gasteiger partial charge in [-0.25, -0.2) is 29.9 Å². The van der Waals surface area contributed by atoms with Crippen LogP contribution in [0.5, 0.6) is 23.0 Å². The van der Waals surface area contributed by atoms with Gasteiger partial charge in [0.15, 0.2) is 23.3 Å². The molecule has 0 fully saturated rings. The zero-order valence-electron chi connectivity index (χ0n) is 45.3. The number of aromatic nitrogens is 8. The van der Waals surface area contributed by atoms with E-state index in [-0.39, 0.29) is 19.8 Å². The van der Waals surface area contributed by atoms with Gasteiger partial charge in [0.05, 0.1) is 119 Å². The maximum Gasteiger partial charge on any atom is 0.164 e. The fourth-order valence-electron chi connectivity index (χ4n) is 8.50. The van der Waals surface area contributed by atoms with Crippen molar-refractivity contribution in [2.24, 2.45) is 0 Å². The Kier molecular flexibility index (Phi) is 22.0. The van der Waals surface area contributed by atoms with Crippen LogP contribution in [-0.2, 0) is 47.4 Å². The predicted molar refractivity (Wildman–Crippen MR) is 296 cm³/mol. The zero-order valence-corrected chi connectivity index (χ0v) is 45.3. The number of fused-ring (bicyclic) bond motifs is 20. The SMILES string of the molecule is COCCOCCOCCOc1ccc2c(c1)-c1nc-2nc2[nH]c(nc3nc(nc4[nH]c(n1)c1ccc(OCCOCCO)cc41)-c1ccc(OCCOCCOCCOC)cc1-3)c1ccc(OCCOCCOCCOC)cc21. The van der Waals surface area contributed by atoms with E-state index in [2.05, 4.69) is 9.97 Å². The lowest BCUT2D eigenvalue weighted by Crippen LogP contribution is -2.12. The van der Waals surface area contributed by atoms with Crippen molar-refractivity contribution in [1.82, 2.24) is 39.9 Å². The van der Waals surface area contributed by atoms with Crippen LogP contribution in [0.4, 0.5) is 0 Å². The minimum atomic E-state index is -0.0789. The third kappa shape index (κ3) is 15.7. The molecule has 0 spiro atoms. The Balaban J connectivity index is 1.12. The molecular weight excluding hydrogens is 1040 g/mol. The highest BCUT2D eigenvalue weighted by Gasteiger charge is 2.24. The molecular formula is C57H68N8O15. The molecule has 23 nitrogen and oxygen atoms in total. The first kappa shape index (κ1) is 57.7. The van der Waals surface area contributed by atoms with Gasteiger partial charge in [-0.1, -0.05) is 0 Å². The van der Waals surface area contributed by atoms with E-state index >= 15 is 0 Å². The average molecular weight is 1110 g/mol. The third-order valence-corrected chi connectivity index (χ3v) is 12.3. The highest BCUT2D eigenvalue weighted by atomic mass is 16.6. The second-order valence-corrected chi connectivity index (χ2v) is 17.8. The summed E-state index contributed by atoms with van der Waals surface area (Å²) in [6.07, 6.45) is 0. The fourth-order valence-corrected chi connectivity index (χ4v) is 8.50. The molecule has 426 valence electrons. The molecule has 5 heterocycles. The lowest BCUT2D eigenvalue weighted by molar-refractivity contribution is 0.0180. The molecule has 0 saturated carbocycles. The van der Waals surface area contributed by atoms with E-state index in [0.717, 1.165) is 27.3 Å². The smallest absolute Gasteiger partial charge is 0.164 e. The molecule has 80 heavy (non-hydrogen) atoms. The Morgan fingerprint density at radius 3 is 0.938 bits per heavy atom. The van der Waals surface area contributed by atoms with E-state index in [0.29, 0.717) is 211 Å². The molecule has 2 aliphatic rings. The fraction of sp³-hybridized carbons (Fsp3) is 0.439. The van der Waals surface area contributed by atoms with E-state index in [1.165, 1.54) is 0 Å². The van der Waals surface area contributed by atoms with E-state index in [1.807, 2.05) is 72.8 Å². The molecule has 3 aromatic heterocycles. The Morgan fingerprint density at radius 2 is 0.588 bits per heavy atom. The molecule has 8 bridgehead atoms. The number of rotatable bonds is 36. The van der Waals surface area contributed by atoms with Crippen molar-refractivity contribution < 1.29 is 71.4 Å². The van der Waals surface area contributed by atoms with Crippen LogP contribution in [0.15, 0.2) is 72.8 Å². The third-order valence-electron chi connectivity index (χ3n) is 12.3. The second kappa shape index (κ2) is 30.5. The van der Waals surface area contributed by atoms with E-state index in [4.69, 9.17) is 96.2 Å². The summed E-state index contributed by atoms with van der Waals surface area (Å²) in [5, 5.41) is 12.2. The topological polar surface area (TPSA) is 258 Å². The molecule has 0 saturated heterocycles. The normalized spacial score (nSPS) is 11.8. The van der Waals surface area contributed by atoms with Crippen molar-refractivity contribution >= 4 is 44.1 Å². The van der Waals surface area contributed by atoms with Crippen LogP contribution in [0.3, 0.4) is 0 Å². The first-order chi connectivity index (χ1) is 39.5. The van der Waals surface area contributed by atoms with E-state index < -0.39 is 0 Å². The first-order valence-corrected chi connectivity index (χ1v) is 26.6. The van der Waals surface area contributed by atoms with Gasteiger partial charge in [0.1, 0.15) is 72.0 Å². The predicted octanol–water partition coefficient (Wildman–Crippen LogP) is 6.43. The molecule has 0 radical (unpaired) electrons. The van der Waals surface area contributed by atoms with Crippen LogP contribution in [0, 0.1) is 0 Å². The Morgan fingerprint density at radius 1 is 0.300 bits per heavy atom. The van der Waals surface area contributed by atoms with Crippen LogP contribution in [0.2, 0.25) is 0 Å². The number of aliphatic hydroxyl groups excluding tert-OH is 1. The van der Waals surface area contributed by atoms with Crippen molar-refractivity contribution in [3.8, 4) is 68.5 Å². The number of benzene rings is 4. The minimum absolute atomic E-state index is 0.0789. The maximum absolute atomic E-state index is 9.21. The molecule has 23 heteroatoms. The van der Waals surface area contributed by atoms with Crippen molar-refractivity contribution in [3.05, 3.63) is 72.8 Å². The summed E-state index contributed by atoms with van der Waals surface area (Å²) < 4.78 is 79.2. The van der Waals surface area contributed by atoms with Crippen LogP contribution in [-0.4, -0.2) is 212 Å². The van der Waals surface area contributed by atoms with E-state index in [1.54, 1.807) is 21.3 Å². The quantitative estimate of drug-likeness (QED) is 0.0357. The van der Waals surface area contributed by atoms with Crippen LogP contribution in [0.1, 0.15) is 0 Å². The summed E-state index contributed by atoms with van der Waals surface area (Å²) in [5.74, 6) is 3.95.